The number of hydrogen-bond acceptors (Lipinski definition) is 6. The molecule has 1 amide bonds. The van der Waals surface area contributed by atoms with Gasteiger partial charge in [0, 0.05) is 62.5 Å². The molecule has 8 heteroatoms. The third kappa shape index (κ3) is 5.21. The number of amides is 1. The van der Waals surface area contributed by atoms with E-state index in [-0.39, 0.29) is 5.91 Å². The van der Waals surface area contributed by atoms with Gasteiger partial charge >= 0.3 is 0 Å². The minimum atomic E-state index is 0.189. The van der Waals surface area contributed by atoms with Crippen molar-refractivity contribution in [3.8, 4) is 0 Å². The number of carbonyl (C=O) groups excluding carboxylic acids is 1. The van der Waals surface area contributed by atoms with E-state index in [2.05, 4.69) is 14.8 Å². The molecule has 4 rings (SSSR count). The molecule has 0 aliphatic carbocycles. The van der Waals surface area contributed by atoms with E-state index in [1.807, 2.05) is 42.2 Å². The number of aromatic nitrogens is 2. The van der Waals surface area contributed by atoms with E-state index >= 15 is 0 Å². The van der Waals surface area contributed by atoms with Crippen LogP contribution >= 0.6 is 11.6 Å². The van der Waals surface area contributed by atoms with Crippen LogP contribution in [0.2, 0.25) is 5.02 Å². The number of anilines is 2. The zero-order valence-corrected chi connectivity index (χ0v) is 18.1. The van der Waals surface area contributed by atoms with Crippen molar-refractivity contribution >= 4 is 29.3 Å². The lowest BCUT2D eigenvalue weighted by molar-refractivity contribution is -0.131. The highest BCUT2D eigenvalue weighted by molar-refractivity contribution is 6.30. The number of aryl methyl sites for hydroxylation is 2. The van der Waals surface area contributed by atoms with Crippen molar-refractivity contribution < 1.29 is 9.53 Å². The monoisotopic (exact) mass is 429 g/mol. The number of hydrogen-bond donors (Lipinski definition) is 0. The van der Waals surface area contributed by atoms with E-state index < -0.39 is 0 Å². The van der Waals surface area contributed by atoms with Crippen LogP contribution in [0.5, 0.6) is 0 Å². The minimum absolute atomic E-state index is 0.189. The van der Waals surface area contributed by atoms with E-state index in [1.54, 1.807) is 0 Å². The molecule has 0 radical (unpaired) electrons. The molecule has 0 N–H and O–H groups in total. The Morgan fingerprint density at radius 1 is 1.03 bits per heavy atom. The zero-order chi connectivity index (χ0) is 20.9. The van der Waals surface area contributed by atoms with Gasteiger partial charge in [-0.2, -0.15) is 4.98 Å². The van der Waals surface area contributed by atoms with Crippen LogP contribution in [0.1, 0.15) is 17.7 Å². The highest BCUT2D eigenvalue weighted by Gasteiger charge is 2.23. The number of halogens is 1. The zero-order valence-electron chi connectivity index (χ0n) is 17.4. The fourth-order valence-electron chi connectivity index (χ4n) is 3.89. The molecule has 0 unspecified atom stereocenters. The third-order valence-electron chi connectivity index (χ3n) is 5.60. The summed E-state index contributed by atoms with van der Waals surface area (Å²) in [5, 5.41) is 0.711. The van der Waals surface area contributed by atoms with Gasteiger partial charge in [0.2, 0.25) is 11.9 Å². The predicted molar refractivity (Wildman–Crippen MR) is 118 cm³/mol. The fourth-order valence-corrected chi connectivity index (χ4v) is 4.10. The van der Waals surface area contributed by atoms with Crippen molar-refractivity contribution in [2.24, 2.45) is 0 Å². The van der Waals surface area contributed by atoms with Gasteiger partial charge < -0.3 is 19.4 Å². The highest BCUT2D eigenvalue weighted by atomic mass is 35.5. The SMILES string of the molecule is Cc1cc(N2CCOCC2)nc(N2CCN(C(=O)CCc3cccc(Cl)c3)CC2)n1. The molecule has 1 aromatic carbocycles. The Morgan fingerprint density at radius 2 is 1.80 bits per heavy atom. The van der Waals surface area contributed by atoms with E-state index in [4.69, 9.17) is 21.3 Å². The number of nitrogens with zero attached hydrogens (tertiary/aromatic N) is 5. The maximum atomic E-state index is 12.6. The second kappa shape index (κ2) is 9.62. The van der Waals surface area contributed by atoms with Crippen LogP contribution in [0.4, 0.5) is 11.8 Å². The van der Waals surface area contributed by atoms with Crippen LogP contribution in [-0.2, 0) is 16.0 Å². The van der Waals surface area contributed by atoms with Crippen molar-refractivity contribution in [3.05, 3.63) is 46.6 Å². The van der Waals surface area contributed by atoms with Gasteiger partial charge in [0.25, 0.3) is 0 Å². The molecule has 0 saturated carbocycles. The summed E-state index contributed by atoms with van der Waals surface area (Å²) < 4.78 is 5.45. The number of morpholine rings is 1. The first-order valence-corrected chi connectivity index (χ1v) is 10.9. The second-order valence-corrected chi connectivity index (χ2v) is 8.20. The minimum Gasteiger partial charge on any atom is -0.378 e. The van der Waals surface area contributed by atoms with E-state index in [9.17, 15) is 4.79 Å². The fraction of sp³-hybridized carbons (Fsp3) is 0.500. The van der Waals surface area contributed by atoms with Crippen LogP contribution in [0.3, 0.4) is 0 Å². The first-order valence-electron chi connectivity index (χ1n) is 10.5. The summed E-state index contributed by atoms with van der Waals surface area (Å²) in [4.78, 5) is 28.5. The molecule has 7 nitrogen and oxygen atoms in total. The van der Waals surface area contributed by atoms with Crippen molar-refractivity contribution in [2.45, 2.75) is 19.8 Å². The maximum absolute atomic E-state index is 12.6. The van der Waals surface area contributed by atoms with Crippen molar-refractivity contribution in [3.63, 3.8) is 0 Å². The summed E-state index contributed by atoms with van der Waals surface area (Å²) in [7, 11) is 0. The molecule has 3 heterocycles. The molecule has 2 fully saturated rings. The molecular formula is C22H28ClN5O2. The Hall–Kier alpha value is -2.38. The molecular weight excluding hydrogens is 402 g/mol. The molecule has 2 saturated heterocycles. The van der Waals surface area contributed by atoms with Crippen LogP contribution < -0.4 is 9.80 Å². The lowest BCUT2D eigenvalue weighted by Crippen LogP contribution is -2.49. The largest absolute Gasteiger partial charge is 0.378 e. The van der Waals surface area contributed by atoms with Gasteiger partial charge in [0.05, 0.1) is 13.2 Å². The molecule has 2 aliphatic rings. The molecule has 1 aromatic heterocycles. The van der Waals surface area contributed by atoms with Gasteiger partial charge in [-0.1, -0.05) is 23.7 Å². The van der Waals surface area contributed by atoms with E-state index in [0.29, 0.717) is 31.0 Å². The Balaban J connectivity index is 1.32. The molecule has 160 valence electrons. The first kappa shape index (κ1) is 20.9. The average molecular weight is 430 g/mol. The quantitative estimate of drug-likeness (QED) is 0.728. The van der Waals surface area contributed by atoms with E-state index in [0.717, 1.165) is 62.4 Å². The van der Waals surface area contributed by atoms with Crippen molar-refractivity contribution in [1.29, 1.82) is 0 Å². The molecule has 2 aromatic rings. The van der Waals surface area contributed by atoms with E-state index in [1.165, 1.54) is 0 Å². The Kier molecular flexibility index (Phi) is 6.69. The van der Waals surface area contributed by atoms with Gasteiger partial charge in [-0.3, -0.25) is 4.79 Å². The van der Waals surface area contributed by atoms with Gasteiger partial charge in [-0.05, 0) is 31.0 Å². The van der Waals surface area contributed by atoms with Gasteiger partial charge in [0.15, 0.2) is 0 Å². The van der Waals surface area contributed by atoms with Crippen molar-refractivity contribution in [1.82, 2.24) is 14.9 Å². The van der Waals surface area contributed by atoms with Gasteiger partial charge in [0.1, 0.15) is 5.82 Å². The normalized spacial score (nSPS) is 17.3. The summed E-state index contributed by atoms with van der Waals surface area (Å²) in [6.07, 6.45) is 1.21. The molecule has 0 spiro atoms. The third-order valence-corrected chi connectivity index (χ3v) is 5.83. The number of carbonyl (C=O) groups is 1. The van der Waals surface area contributed by atoms with Crippen LogP contribution in [0.25, 0.3) is 0 Å². The predicted octanol–water partition coefficient (Wildman–Crippen LogP) is 2.56. The lowest BCUT2D eigenvalue weighted by Gasteiger charge is -2.35. The van der Waals surface area contributed by atoms with Gasteiger partial charge in [-0.15, -0.1) is 0 Å². The maximum Gasteiger partial charge on any atom is 0.227 e. The molecule has 0 atom stereocenters. The smallest absolute Gasteiger partial charge is 0.227 e. The molecule has 0 bridgehead atoms. The summed E-state index contributed by atoms with van der Waals surface area (Å²) in [6.45, 7) is 8.05. The summed E-state index contributed by atoms with van der Waals surface area (Å²) in [5.41, 5.74) is 2.06. The summed E-state index contributed by atoms with van der Waals surface area (Å²) in [6, 6.07) is 9.74. The lowest BCUT2D eigenvalue weighted by atomic mass is 10.1. The van der Waals surface area contributed by atoms with Gasteiger partial charge in [-0.25, -0.2) is 4.98 Å². The van der Waals surface area contributed by atoms with Crippen LogP contribution in [-0.4, -0.2) is 73.3 Å². The Labute approximate surface area is 182 Å². The second-order valence-electron chi connectivity index (χ2n) is 7.76. The molecule has 2 aliphatic heterocycles. The summed E-state index contributed by atoms with van der Waals surface area (Å²) in [5.74, 6) is 1.90. The average Bonchev–Trinajstić information content (AvgIpc) is 2.78. The van der Waals surface area contributed by atoms with Crippen LogP contribution in [0.15, 0.2) is 30.3 Å². The van der Waals surface area contributed by atoms with Crippen LogP contribution in [0, 0.1) is 6.92 Å². The first-order chi connectivity index (χ1) is 14.6. The standard InChI is InChI=1S/C22H28ClN5O2/c1-17-15-20(26-11-13-30-14-12-26)25-22(24-17)28-9-7-27(8-10-28)21(29)6-5-18-3-2-4-19(23)16-18/h2-4,15-16H,5-14H2,1H3. The number of benzene rings is 1. The highest BCUT2D eigenvalue weighted by Crippen LogP contribution is 2.20. The topological polar surface area (TPSA) is 61.8 Å². The van der Waals surface area contributed by atoms with Crippen molar-refractivity contribution in [2.75, 3.05) is 62.3 Å². The Bertz CT molecular complexity index is 880. The number of ether oxygens (including phenoxy) is 1. The summed E-state index contributed by atoms with van der Waals surface area (Å²) >= 11 is 6.03. The Morgan fingerprint density at radius 3 is 2.53 bits per heavy atom. The number of piperazine rings is 1. The number of rotatable bonds is 5. The molecule has 30 heavy (non-hydrogen) atoms.